The predicted molar refractivity (Wildman–Crippen MR) is 35.0 cm³/mol. The van der Waals surface area contributed by atoms with Gasteiger partial charge in [-0.25, -0.2) is 0 Å². The van der Waals surface area contributed by atoms with E-state index in [1.54, 1.807) is 6.26 Å². The van der Waals surface area contributed by atoms with Gasteiger partial charge in [-0.05, 0) is 19.1 Å². The van der Waals surface area contributed by atoms with Crippen molar-refractivity contribution in [2.45, 2.75) is 6.92 Å². The Morgan fingerprint density at radius 2 is 2.11 bits per heavy atom. The predicted octanol–water partition coefficient (Wildman–Crippen LogP) is -0.174. The zero-order chi connectivity index (χ0) is 7.11. The summed E-state index contributed by atoms with van der Waals surface area (Å²) in [7, 11) is -0.750. The molecule has 3 nitrogen and oxygen atoms in total. The van der Waals surface area contributed by atoms with Gasteiger partial charge in [0, 0.05) is 0 Å². The van der Waals surface area contributed by atoms with Crippen molar-refractivity contribution in [3.05, 3.63) is 24.2 Å². The lowest BCUT2D eigenvalue weighted by atomic mass is 10.5. The largest absolute Gasteiger partial charge is 0.470 e. The van der Waals surface area contributed by atoms with Crippen molar-refractivity contribution in [3.63, 3.8) is 0 Å². The van der Waals surface area contributed by atoms with Crippen LogP contribution in [0.2, 0.25) is 0 Å². The molecule has 2 N–H and O–H groups in total. The van der Waals surface area contributed by atoms with Gasteiger partial charge in [-0.1, -0.05) is 0 Å². The average Bonchev–Trinajstić information content (AvgIpc) is 2.20. The minimum atomic E-state index is -0.750. The average molecular weight is 128 g/mol. The fraction of sp³-hybridized carbons (Fsp3) is 0.200. The number of hydrogen-bond acceptors (Lipinski definition) is 3. The van der Waals surface area contributed by atoms with E-state index in [4.69, 9.17) is 14.5 Å². The van der Waals surface area contributed by atoms with Crippen molar-refractivity contribution < 1.29 is 14.5 Å². The Bertz CT molecular complexity index is 127. The highest BCUT2D eigenvalue weighted by Crippen LogP contribution is 1.93. The van der Waals surface area contributed by atoms with Crippen LogP contribution in [0.4, 0.5) is 0 Å². The van der Waals surface area contributed by atoms with Crippen molar-refractivity contribution in [3.8, 4) is 0 Å². The maximum absolute atomic E-state index is 7.12. The van der Waals surface area contributed by atoms with Crippen LogP contribution in [0, 0.1) is 6.92 Å². The SMILES string of the molecule is Cc1ccco1.OBO. The van der Waals surface area contributed by atoms with Crippen molar-refractivity contribution in [1.82, 2.24) is 0 Å². The first-order valence-corrected chi connectivity index (χ1v) is 2.53. The Morgan fingerprint density at radius 3 is 2.22 bits per heavy atom. The summed E-state index contributed by atoms with van der Waals surface area (Å²) < 4.78 is 4.83. The zero-order valence-corrected chi connectivity index (χ0v) is 5.24. The summed E-state index contributed by atoms with van der Waals surface area (Å²) in [5.74, 6) is 0.968. The van der Waals surface area contributed by atoms with Crippen LogP contribution in [0.25, 0.3) is 0 Å². The number of furan rings is 1. The monoisotopic (exact) mass is 128 g/mol. The molecule has 0 bridgehead atoms. The second kappa shape index (κ2) is 5.40. The molecule has 0 unspecified atom stereocenters. The molecule has 1 aromatic rings. The molecule has 0 spiro atoms. The molecule has 0 aliphatic rings. The summed E-state index contributed by atoms with van der Waals surface area (Å²) in [4.78, 5) is 0. The highest BCUT2D eigenvalue weighted by Gasteiger charge is 1.75. The minimum Gasteiger partial charge on any atom is -0.470 e. The van der Waals surface area contributed by atoms with Gasteiger partial charge in [-0.2, -0.15) is 0 Å². The molecule has 0 aliphatic carbocycles. The van der Waals surface area contributed by atoms with Gasteiger partial charge in [-0.3, -0.25) is 0 Å². The lowest BCUT2D eigenvalue weighted by Crippen LogP contribution is -1.75. The van der Waals surface area contributed by atoms with Crippen LogP contribution in [0.15, 0.2) is 22.8 Å². The minimum absolute atomic E-state index is 0.750. The van der Waals surface area contributed by atoms with E-state index in [1.165, 1.54) is 0 Å². The van der Waals surface area contributed by atoms with E-state index >= 15 is 0 Å². The first kappa shape index (κ1) is 8.26. The Labute approximate surface area is 54.2 Å². The molecule has 0 radical (unpaired) electrons. The van der Waals surface area contributed by atoms with Gasteiger partial charge in [0.15, 0.2) is 0 Å². The third-order valence-corrected chi connectivity index (χ3v) is 0.663. The van der Waals surface area contributed by atoms with E-state index in [-0.39, 0.29) is 0 Å². The second-order valence-electron chi connectivity index (χ2n) is 1.37. The fourth-order valence-electron chi connectivity index (χ4n) is 0.361. The van der Waals surface area contributed by atoms with Gasteiger partial charge in [0.1, 0.15) is 5.76 Å². The van der Waals surface area contributed by atoms with Crippen LogP contribution in [-0.2, 0) is 0 Å². The normalized spacial score (nSPS) is 7.44. The molecular formula is C5H9BO3. The summed E-state index contributed by atoms with van der Waals surface area (Å²) in [6, 6.07) is 3.79. The first-order chi connectivity index (χ1) is 4.31. The van der Waals surface area contributed by atoms with E-state index in [1.807, 2.05) is 19.1 Å². The van der Waals surface area contributed by atoms with E-state index < -0.39 is 7.69 Å². The third-order valence-electron chi connectivity index (χ3n) is 0.663. The lowest BCUT2D eigenvalue weighted by molar-refractivity contribution is 0.448. The molecule has 9 heavy (non-hydrogen) atoms. The van der Waals surface area contributed by atoms with Gasteiger partial charge in [-0.15, -0.1) is 0 Å². The molecular weight excluding hydrogens is 119 g/mol. The lowest BCUT2D eigenvalue weighted by Gasteiger charge is -1.69. The summed E-state index contributed by atoms with van der Waals surface area (Å²) in [5.41, 5.74) is 0. The number of aryl methyl sites for hydroxylation is 1. The van der Waals surface area contributed by atoms with Crippen LogP contribution >= 0.6 is 0 Å². The van der Waals surface area contributed by atoms with E-state index in [2.05, 4.69) is 0 Å². The second-order valence-corrected chi connectivity index (χ2v) is 1.37. The summed E-state index contributed by atoms with van der Waals surface area (Å²) in [5, 5.41) is 14.2. The van der Waals surface area contributed by atoms with Gasteiger partial charge in [0.25, 0.3) is 0 Å². The van der Waals surface area contributed by atoms with Gasteiger partial charge >= 0.3 is 7.69 Å². The van der Waals surface area contributed by atoms with Crippen LogP contribution in [-0.4, -0.2) is 17.7 Å². The van der Waals surface area contributed by atoms with Crippen molar-refractivity contribution in [2.24, 2.45) is 0 Å². The molecule has 0 aromatic carbocycles. The molecule has 50 valence electrons. The van der Waals surface area contributed by atoms with Crippen LogP contribution in [0.1, 0.15) is 5.76 Å². The summed E-state index contributed by atoms with van der Waals surface area (Å²) in [6.45, 7) is 1.92. The number of hydrogen-bond donors (Lipinski definition) is 2. The molecule has 0 aliphatic heterocycles. The Kier molecular flexibility index (Phi) is 4.96. The molecule has 1 rings (SSSR count). The first-order valence-electron chi connectivity index (χ1n) is 2.53. The van der Waals surface area contributed by atoms with E-state index in [9.17, 15) is 0 Å². The zero-order valence-electron chi connectivity index (χ0n) is 5.24. The van der Waals surface area contributed by atoms with Gasteiger partial charge in [0.05, 0.1) is 6.26 Å². The Morgan fingerprint density at radius 1 is 1.56 bits per heavy atom. The highest BCUT2D eigenvalue weighted by molar-refractivity contribution is 6.13. The molecule has 1 aromatic heterocycles. The van der Waals surface area contributed by atoms with Crippen LogP contribution in [0.5, 0.6) is 0 Å². The topological polar surface area (TPSA) is 53.6 Å². The van der Waals surface area contributed by atoms with Crippen LogP contribution in [0.3, 0.4) is 0 Å². The van der Waals surface area contributed by atoms with Crippen molar-refractivity contribution in [1.29, 1.82) is 0 Å². The van der Waals surface area contributed by atoms with Crippen LogP contribution < -0.4 is 0 Å². The fourth-order valence-corrected chi connectivity index (χ4v) is 0.361. The maximum atomic E-state index is 7.12. The smallest absolute Gasteiger partial charge is 0.432 e. The number of rotatable bonds is 0. The molecule has 4 heteroatoms. The molecule has 0 atom stereocenters. The molecule has 0 saturated carbocycles. The van der Waals surface area contributed by atoms with Crippen molar-refractivity contribution >= 4 is 7.69 Å². The maximum Gasteiger partial charge on any atom is 0.432 e. The molecule has 0 fully saturated rings. The Hall–Kier alpha value is -0.735. The molecule has 0 saturated heterocycles. The van der Waals surface area contributed by atoms with E-state index in [0.717, 1.165) is 5.76 Å². The van der Waals surface area contributed by atoms with Crippen molar-refractivity contribution in [2.75, 3.05) is 0 Å². The molecule has 0 amide bonds. The molecule has 1 heterocycles. The standard InChI is InChI=1S/C5H6O.BH3O2/c1-5-3-2-4-6-5;2-1-3/h2-4H,1H3;1-3H. The third kappa shape index (κ3) is 5.13. The summed E-state index contributed by atoms with van der Waals surface area (Å²) >= 11 is 0. The quantitative estimate of drug-likeness (QED) is 0.476. The summed E-state index contributed by atoms with van der Waals surface area (Å²) in [6.07, 6.45) is 1.66. The highest BCUT2D eigenvalue weighted by atomic mass is 16.4. The van der Waals surface area contributed by atoms with E-state index in [0.29, 0.717) is 0 Å². The Balaban J connectivity index is 0.000000187. The van der Waals surface area contributed by atoms with Gasteiger partial charge in [0.2, 0.25) is 0 Å². The van der Waals surface area contributed by atoms with Gasteiger partial charge < -0.3 is 14.5 Å².